The monoisotopic (exact) mass is 402 g/mol. The molecule has 2 aromatic carbocycles. The number of carbonyl (C=O) groups is 1. The van der Waals surface area contributed by atoms with E-state index < -0.39 is 5.97 Å². The predicted molar refractivity (Wildman–Crippen MR) is 116 cm³/mol. The van der Waals surface area contributed by atoms with Crippen LogP contribution in [0.5, 0.6) is 0 Å². The van der Waals surface area contributed by atoms with Gasteiger partial charge in [0, 0.05) is 24.6 Å². The molecule has 0 aliphatic carbocycles. The third-order valence-corrected chi connectivity index (χ3v) is 6.24. The molecular formula is C24H26N4O2. The summed E-state index contributed by atoms with van der Waals surface area (Å²) in [5.74, 6) is 0.563. The maximum Gasteiger partial charge on any atom is 0.335 e. The van der Waals surface area contributed by atoms with Gasteiger partial charge in [-0.3, -0.25) is 4.90 Å². The van der Waals surface area contributed by atoms with Gasteiger partial charge in [-0.2, -0.15) is 5.10 Å². The Hall–Kier alpha value is -3.12. The highest BCUT2D eigenvalue weighted by molar-refractivity contribution is 5.88. The van der Waals surface area contributed by atoms with Crippen molar-refractivity contribution in [1.29, 1.82) is 0 Å². The highest BCUT2D eigenvalue weighted by Gasteiger charge is 2.30. The van der Waals surface area contributed by atoms with E-state index in [0.717, 1.165) is 56.9 Å². The van der Waals surface area contributed by atoms with E-state index in [1.807, 2.05) is 10.7 Å². The molecule has 0 saturated carbocycles. The normalized spacial score (nSPS) is 16.9. The number of nitrogens with zero attached hydrogens (tertiary/aromatic N) is 3. The Balaban J connectivity index is 1.36. The molecule has 154 valence electrons. The van der Waals surface area contributed by atoms with E-state index in [-0.39, 0.29) is 5.56 Å². The zero-order valence-electron chi connectivity index (χ0n) is 16.9. The molecule has 0 atom stereocenters. The zero-order chi connectivity index (χ0) is 20.5. The van der Waals surface area contributed by atoms with E-state index in [1.54, 1.807) is 18.2 Å². The van der Waals surface area contributed by atoms with Gasteiger partial charge in [-0.1, -0.05) is 36.4 Å². The van der Waals surface area contributed by atoms with Crippen molar-refractivity contribution in [2.75, 3.05) is 25.0 Å². The molecule has 0 amide bonds. The van der Waals surface area contributed by atoms with E-state index in [9.17, 15) is 9.90 Å². The summed E-state index contributed by atoms with van der Waals surface area (Å²) in [6.07, 6.45) is 3.18. The Morgan fingerprint density at radius 2 is 1.90 bits per heavy atom. The third-order valence-electron chi connectivity index (χ3n) is 6.24. The number of likely N-dealkylation sites (tertiary alicyclic amines) is 1. The second kappa shape index (κ2) is 7.95. The van der Waals surface area contributed by atoms with Crippen LogP contribution in [0.3, 0.4) is 0 Å². The Morgan fingerprint density at radius 1 is 1.10 bits per heavy atom. The maximum absolute atomic E-state index is 11.4. The number of benzene rings is 2. The molecule has 6 nitrogen and oxygen atoms in total. The van der Waals surface area contributed by atoms with Crippen LogP contribution in [-0.4, -0.2) is 45.4 Å². The summed E-state index contributed by atoms with van der Waals surface area (Å²) >= 11 is 0. The van der Waals surface area contributed by atoms with Gasteiger partial charge in [0.1, 0.15) is 5.82 Å². The second-order valence-corrected chi connectivity index (χ2v) is 8.19. The zero-order valence-corrected chi connectivity index (χ0v) is 16.9. The van der Waals surface area contributed by atoms with Gasteiger partial charge in [0.05, 0.1) is 16.9 Å². The summed E-state index contributed by atoms with van der Waals surface area (Å²) in [6, 6.07) is 17.7. The molecule has 1 aromatic heterocycles. The minimum absolute atomic E-state index is 0.283. The molecule has 2 aliphatic heterocycles. The predicted octanol–water partition coefficient (Wildman–Crippen LogP) is 3.92. The molecular weight excluding hydrogens is 376 g/mol. The number of nitrogens with one attached hydrogen (secondary N) is 1. The SMILES string of the molecule is O=C(O)c1cccc(-n2nc(C3CCN(Cc4ccccc4)CC3)c3c2NCC3)c1. The fourth-order valence-electron chi connectivity index (χ4n) is 4.69. The van der Waals surface area contributed by atoms with Crippen molar-refractivity contribution in [3.63, 3.8) is 0 Å². The third kappa shape index (κ3) is 3.59. The Kier molecular flexibility index (Phi) is 5.01. The summed E-state index contributed by atoms with van der Waals surface area (Å²) in [5, 5.41) is 17.8. The molecule has 6 heteroatoms. The highest BCUT2D eigenvalue weighted by Crippen LogP contribution is 2.37. The van der Waals surface area contributed by atoms with Gasteiger partial charge in [0.25, 0.3) is 0 Å². The number of aromatic carboxylic acids is 1. The maximum atomic E-state index is 11.4. The standard InChI is InChI=1S/C24H26N4O2/c29-24(30)19-7-4-8-20(15-19)28-23-21(9-12-25-23)22(26-28)18-10-13-27(14-11-18)16-17-5-2-1-3-6-17/h1-8,15,18,25H,9-14,16H2,(H,29,30). The summed E-state index contributed by atoms with van der Waals surface area (Å²) in [5.41, 5.74) is 4.94. The summed E-state index contributed by atoms with van der Waals surface area (Å²) < 4.78 is 1.90. The van der Waals surface area contributed by atoms with Crippen LogP contribution < -0.4 is 5.32 Å². The quantitative estimate of drug-likeness (QED) is 0.677. The lowest BCUT2D eigenvalue weighted by Crippen LogP contribution is -2.32. The molecule has 0 radical (unpaired) electrons. The van der Waals surface area contributed by atoms with E-state index in [4.69, 9.17) is 5.10 Å². The molecule has 5 rings (SSSR count). The molecule has 0 bridgehead atoms. The summed E-state index contributed by atoms with van der Waals surface area (Å²) in [7, 11) is 0. The average molecular weight is 402 g/mol. The van der Waals surface area contributed by atoms with Crippen molar-refractivity contribution >= 4 is 11.8 Å². The van der Waals surface area contributed by atoms with Gasteiger partial charge < -0.3 is 10.4 Å². The lowest BCUT2D eigenvalue weighted by Gasteiger charge is -2.31. The number of piperidine rings is 1. The number of carboxylic acids is 1. The number of rotatable bonds is 5. The number of aromatic nitrogens is 2. The molecule has 3 heterocycles. The van der Waals surface area contributed by atoms with Crippen molar-refractivity contribution in [2.24, 2.45) is 0 Å². The van der Waals surface area contributed by atoms with Crippen LogP contribution in [0, 0.1) is 0 Å². The number of anilines is 1. The average Bonchev–Trinajstić information content (AvgIpc) is 3.38. The minimum atomic E-state index is -0.917. The van der Waals surface area contributed by atoms with Crippen LogP contribution in [0.4, 0.5) is 5.82 Å². The first kappa shape index (κ1) is 18.9. The van der Waals surface area contributed by atoms with Crippen molar-refractivity contribution in [3.8, 4) is 5.69 Å². The van der Waals surface area contributed by atoms with Crippen molar-refractivity contribution in [1.82, 2.24) is 14.7 Å². The smallest absolute Gasteiger partial charge is 0.335 e. The molecule has 2 aliphatic rings. The Morgan fingerprint density at radius 3 is 2.67 bits per heavy atom. The van der Waals surface area contributed by atoms with Gasteiger partial charge >= 0.3 is 5.97 Å². The summed E-state index contributed by atoms with van der Waals surface area (Å²) in [4.78, 5) is 13.9. The molecule has 30 heavy (non-hydrogen) atoms. The van der Waals surface area contributed by atoms with Gasteiger partial charge in [0.15, 0.2) is 0 Å². The van der Waals surface area contributed by atoms with E-state index in [0.29, 0.717) is 5.92 Å². The van der Waals surface area contributed by atoms with Crippen LogP contribution in [0.1, 0.15) is 45.9 Å². The first-order valence-electron chi connectivity index (χ1n) is 10.6. The molecule has 0 spiro atoms. The first-order chi connectivity index (χ1) is 14.7. The fraction of sp³-hybridized carbons (Fsp3) is 0.333. The minimum Gasteiger partial charge on any atom is -0.478 e. The van der Waals surface area contributed by atoms with E-state index >= 15 is 0 Å². The lowest BCUT2D eigenvalue weighted by molar-refractivity contribution is 0.0697. The number of hydrogen-bond donors (Lipinski definition) is 2. The largest absolute Gasteiger partial charge is 0.478 e. The fourth-order valence-corrected chi connectivity index (χ4v) is 4.69. The van der Waals surface area contributed by atoms with Crippen LogP contribution in [0.25, 0.3) is 5.69 Å². The van der Waals surface area contributed by atoms with Crippen molar-refractivity contribution in [3.05, 3.63) is 77.0 Å². The highest BCUT2D eigenvalue weighted by atomic mass is 16.4. The molecule has 0 unspecified atom stereocenters. The van der Waals surface area contributed by atoms with E-state index in [1.165, 1.54) is 16.8 Å². The lowest BCUT2D eigenvalue weighted by atomic mass is 9.90. The van der Waals surface area contributed by atoms with Crippen LogP contribution in [0.2, 0.25) is 0 Å². The van der Waals surface area contributed by atoms with Gasteiger partial charge in [-0.05, 0) is 56.1 Å². The summed E-state index contributed by atoms with van der Waals surface area (Å²) in [6.45, 7) is 4.06. The van der Waals surface area contributed by atoms with Crippen molar-refractivity contribution < 1.29 is 9.90 Å². The Bertz CT molecular complexity index is 1050. The molecule has 3 aromatic rings. The van der Waals surface area contributed by atoms with E-state index in [2.05, 4.69) is 40.5 Å². The molecule has 1 fully saturated rings. The topological polar surface area (TPSA) is 70.4 Å². The molecule has 2 N–H and O–H groups in total. The number of fused-ring (bicyclic) bond motifs is 1. The van der Waals surface area contributed by atoms with Gasteiger partial charge in [-0.25, -0.2) is 9.48 Å². The van der Waals surface area contributed by atoms with Crippen LogP contribution in [0.15, 0.2) is 54.6 Å². The number of hydrogen-bond acceptors (Lipinski definition) is 4. The van der Waals surface area contributed by atoms with Crippen LogP contribution in [-0.2, 0) is 13.0 Å². The van der Waals surface area contributed by atoms with Crippen molar-refractivity contribution in [2.45, 2.75) is 31.7 Å². The van der Waals surface area contributed by atoms with Gasteiger partial charge in [0.2, 0.25) is 0 Å². The first-order valence-corrected chi connectivity index (χ1v) is 10.6. The number of carboxylic acid groups (broad SMARTS) is 1. The second-order valence-electron chi connectivity index (χ2n) is 8.19. The van der Waals surface area contributed by atoms with Crippen LogP contribution >= 0.6 is 0 Å². The van der Waals surface area contributed by atoms with Gasteiger partial charge in [-0.15, -0.1) is 0 Å². The Labute approximate surface area is 176 Å². The molecule has 1 saturated heterocycles.